The fraction of sp³-hybridized carbons (Fsp3) is 0.556. The highest BCUT2D eigenvalue weighted by molar-refractivity contribution is 6.16. The maximum Gasteiger partial charge on any atom is 0.254 e. The fourth-order valence-corrected chi connectivity index (χ4v) is 2.77. The van der Waals surface area contributed by atoms with E-state index in [1.807, 2.05) is 0 Å². The van der Waals surface area contributed by atoms with Gasteiger partial charge in [-0.25, -0.2) is 0 Å². The Labute approximate surface area is 82.0 Å². The van der Waals surface area contributed by atoms with Gasteiger partial charge in [0.2, 0.25) is 5.91 Å². The molecule has 1 saturated carbocycles. The molecule has 2 aliphatic carbocycles. The summed E-state index contributed by atoms with van der Waals surface area (Å²) in [6, 6.07) is 0. The zero-order valence-electron chi connectivity index (χ0n) is 7.00. The van der Waals surface area contributed by atoms with Crippen LogP contribution in [-0.2, 0) is 9.59 Å². The van der Waals surface area contributed by atoms with Crippen molar-refractivity contribution in [3.05, 3.63) is 11.1 Å². The van der Waals surface area contributed by atoms with E-state index in [4.69, 9.17) is 0 Å². The molecule has 0 aromatic heterocycles. The molecule has 0 aromatic rings. The van der Waals surface area contributed by atoms with E-state index in [9.17, 15) is 9.59 Å². The van der Waals surface area contributed by atoms with E-state index in [0.717, 1.165) is 24.8 Å². The van der Waals surface area contributed by atoms with Crippen LogP contribution in [0.5, 0.6) is 0 Å². The molecule has 0 aromatic carbocycles. The molecule has 13 heavy (non-hydrogen) atoms. The summed E-state index contributed by atoms with van der Waals surface area (Å²) in [6.45, 7) is 0. The normalized spacial score (nSPS) is 34.8. The zero-order chi connectivity index (χ0) is 8.29. The van der Waals surface area contributed by atoms with E-state index in [0.29, 0.717) is 5.92 Å². The van der Waals surface area contributed by atoms with Crippen LogP contribution in [0.1, 0.15) is 19.3 Å². The lowest BCUT2D eigenvalue weighted by atomic mass is 9.88. The average molecular weight is 200 g/mol. The number of halogens is 1. The minimum atomic E-state index is -0.123. The lowest BCUT2D eigenvalue weighted by Crippen LogP contribution is -2.24. The van der Waals surface area contributed by atoms with Gasteiger partial charge in [-0.2, -0.15) is 0 Å². The Kier molecular flexibility index (Phi) is 1.74. The molecular formula is C9H10ClNO2. The molecule has 3 rings (SSSR count). The van der Waals surface area contributed by atoms with Crippen LogP contribution in [0.4, 0.5) is 0 Å². The lowest BCUT2D eigenvalue weighted by molar-refractivity contribution is -0.126. The third kappa shape index (κ3) is 0.908. The number of nitrogens with one attached hydrogen (secondary N) is 1. The van der Waals surface area contributed by atoms with Gasteiger partial charge < -0.3 is 0 Å². The number of fused-ring (bicyclic) bond motifs is 4. The maximum absolute atomic E-state index is 11.3. The number of allylic oxidation sites excluding steroid dienone is 1. The van der Waals surface area contributed by atoms with Crippen LogP contribution in [0.25, 0.3) is 0 Å². The maximum atomic E-state index is 11.3. The van der Waals surface area contributed by atoms with Crippen molar-refractivity contribution in [3.63, 3.8) is 0 Å². The highest BCUT2D eigenvalue weighted by atomic mass is 35.5. The van der Waals surface area contributed by atoms with Crippen molar-refractivity contribution in [3.8, 4) is 0 Å². The summed E-state index contributed by atoms with van der Waals surface area (Å²) >= 11 is 0. The van der Waals surface area contributed by atoms with Crippen LogP contribution in [-0.4, -0.2) is 11.8 Å². The second-order valence-corrected chi connectivity index (χ2v) is 3.82. The minimum Gasteiger partial charge on any atom is -0.292 e. The van der Waals surface area contributed by atoms with Gasteiger partial charge in [0, 0.05) is 5.57 Å². The summed E-state index contributed by atoms with van der Waals surface area (Å²) in [5.74, 6) is 0.194. The molecule has 0 radical (unpaired) electrons. The standard InChI is InChI=1S/C9H9NO2.ClH/c11-8-6-4-1-2-5(3-4)7(6)9(12)10-8;/h4,6H,1-3H2,(H,10,11,12);1H. The fourth-order valence-electron chi connectivity index (χ4n) is 2.77. The zero-order valence-corrected chi connectivity index (χ0v) is 7.82. The largest absolute Gasteiger partial charge is 0.292 e. The third-order valence-electron chi connectivity index (χ3n) is 3.25. The van der Waals surface area contributed by atoms with Gasteiger partial charge in [-0.1, -0.05) is 5.57 Å². The molecule has 3 aliphatic rings. The van der Waals surface area contributed by atoms with Crippen molar-refractivity contribution in [2.24, 2.45) is 11.8 Å². The first-order valence-corrected chi connectivity index (χ1v) is 4.34. The van der Waals surface area contributed by atoms with Crippen LogP contribution in [0, 0.1) is 11.8 Å². The highest BCUT2D eigenvalue weighted by Crippen LogP contribution is 2.50. The Bertz CT molecular complexity index is 335. The van der Waals surface area contributed by atoms with Crippen molar-refractivity contribution in [2.45, 2.75) is 19.3 Å². The Hall–Kier alpha value is -0.830. The number of carbonyl (C=O) groups excluding carboxylic acids is 2. The SMILES string of the molecule is Cl.O=C1NC(=O)C2C1=C1CCC2C1. The number of hydrogen-bond acceptors (Lipinski definition) is 2. The molecule has 2 amide bonds. The number of rotatable bonds is 0. The van der Waals surface area contributed by atoms with Crippen LogP contribution in [0.15, 0.2) is 11.1 Å². The molecule has 1 heterocycles. The van der Waals surface area contributed by atoms with E-state index in [1.54, 1.807) is 0 Å². The van der Waals surface area contributed by atoms with E-state index < -0.39 is 0 Å². The monoisotopic (exact) mass is 199 g/mol. The van der Waals surface area contributed by atoms with Crippen molar-refractivity contribution < 1.29 is 9.59 Å². The molecular weight excluding hydrogens is 190 g/mol. The first-order chi connectivity index (χ1) is 5.77. The van der Waals surface area contributed by atoms with Crippen LogP contribution in [0.3, 0.4) is 0 Å². The molecule has 3 nitrogen and oxygen atoms in total. The summed E-state index contributed by atoms with van der Waals surface area (Å²) in [6.07, 6.45) is 3.14. The first-order valence-electron chi connectivity index (χ1n) is 4.34. The Morgan fingerprint density at radius 2 is 2.08 bits per heavy atom. The average Bonchev–Trinajstić information content (AvgIpc) is 2.64. The Morgan fingerprint density at radius 3 is 2.77 bits per heavy atom. The van der Waals surface area contributed by atoms with Crippen LogP contribution >= 0.6 is 12.4 Å². The quantitative estimate of drug-likeness (QED) is 0.587. The van der Waals surface area contributed by atoms with Gasteiger partial charge in [0.1, 0.15) is 0 Å². The second-order valence-electron chi connectivity index (χ2n) is 3.82. The van der Waals surface area contributed by atoms with Gasteiger partial charge in [-0.15, -0.1) is 12.4 Å². The topological polar surface area (TPSA) is 46.2 Å². The number of amides is 2. The van der Waals surface area contributed by atoms with E-state index in [2.05, 4.69) is 5.32 Å². The second kappa shape index (κ2) is 2.58. The van der Waals surface area contributed by atoms with Crippen molar-refractivity contribution in [1.82, 2.24) is 5.32 Å². The molecule has 0 spiro atoms. The van der Waals surface area contributed by atoms with Gasteiger partial charge in [-0.05, 0) is 25.2 Å². The molecule has 4 heteroatoms. The number of carbonyl (C=O) groups is 2. The van der Waals surface area contributed by atoms with Gasteiger partial charge in [0.15, 0.2) is 0 Å². The number of imide groups is 1. The van der Waals surface area contributed by atoms with Gasteiger partial charge in [0.25, 0.3) is 5.91 Å². The highest BCUT2D eigenvalue weighted by Gasteiger charge is 2.50. The summed E-state index contributed by atoms with van der Waals surface area (Å²) in [7, 11) is 0. The molecule has 2 atom stereocenters. The molecule has 2 fully saturated rings. The van der Waals surface area contributed by atoms with Crippen molar-refractivity contribution in [2.75, 3.05) is 0 Å². The summed E-state index contributed by atoms with van der Waals surface area (Å²) in [4.78, 5) is 22.6. The minimum absolute atomic E-state index is 0. The van der Waals surface area contributed by atoms with Gasteiger partial charge in [-0.3, -0.25) is 14.9 Å². The van der Waals surface area contributed by atoms with E-state index in [1.165, 1.54) is 5.57 Å². The Morgan fingerprint density at radius 1 is 1.31 bits per heavy atom. The Balaban J connectivity index is 0.000000653. The molecule has 70 valence electrons. The molecule has 2 bridgehead atoms. The molecule has 1 aliphatic heterocycles. The predicted molar refractivity (Wildman–Crippen MR) is 48.3 cm³/mol. The van der Waals surface area contributed by atoms with Gasteiger partial charge in [0.05, 0.1) is 5.92 Å². The molecule has 2 unspecified atom stereocenters. The van der Waals surface area contributed by atoms with Crippen LogP contribution in [0.2, 0.25) is 0 Å². The van der Waals surface area contributed by atoms with E-state index >= 15 is 0 Å². The summed E-state index contributed by atoms with van der Waals surface area (Å²) in [5.41, 5.74) is 2.06. The summed E-state index contributed by atoms with van der Waals surface area (Å²) < 4.78 is 0. The summed E-state index contributed by atoms with van der Waals surface area (Å²) in [5, 5.41) is 2.38. The van der Waals surface area contributed by atoms with Crippen molar-refractivity contribution in [1.29, 1.82) is 0 Å². The van der Waals surface area contributed by atoms with Gasteiger partial charge >= 0.3 is 0 Å². The molecule has 1 saturated heterocycles. The smallest absolute Gasteiger partial charge is 0.254 e. The number of hydrogen-bond donors (Lipinski definition) is 1. The predicted octanol–water partition coefficient (Wildman–Crippen LogP) is 0.791. The molecule has 1 N–H and O–H groups in total. The third-order valence-corrected chi connectivity index (χ3v) is 3.25. The lowest BCUT2D eigenvalue weighted by Gasteiger charge is -2.12. The van der Waals surface area contributed by atoms with Crippen LogP contribution < -0.4 is 5.32 Å². The van der Waals surface area contributed by atoms with E-state index in [-0.39, 0.29) is 30.1 Å². The van der Waals surface area contributed by atoms with Crippen molar-refractivity contribution >= 4 is 24.2 Å². The first kappa shape index (κ1) is 8.75.